The number of carbonyl (C=O) groups excluding carboxylic acids is 1. The number of fused-ring (bicyclic) bond motifs is 1. The van der Waals surface area contributed by atoms with Gasteiger partial charge in [-0.15, -0.1) is 37.2 Å². The molecule has 1 atom stereocenters. The van der Waals surface area contributed by atoms with Crippen LogP contribution < -0.4 is 10.2 Å². The van der Waals surface area contributed by atoms with E-state index in [1.807, 2.05) is 18.2 Å². The SMILES string of the molecule is CN(C)CCN1CCN(C2=Nc3ccccc3C(CC(=O)NCc3ccccc3)N2c2ccc(C3CCCCC3)cc2)CC1.Cl.Cl.Cl. The minimum absolute atomic E-state index is 0. The zero-order valence-corrected chi connectivity index (χ0v) is 30.2. The van der Waals surface area contributed by atoms with Gasteiger partial charge in [0.05, 0.1) is 18.2 Å². The molecule has 0 radical (unpaired) electrons. The number of piperazine rings is 1. The molecular weight excluding hydrogens is 651 g/mol. The molecule has 10 heteroatoms. The lowest BCUT2D eigenvalue weighted by atomic mass is 9.84. The van der Waals surface area contributed by atoms with Gasteiger partial charge in [-0.3, -0.25) is 9.69 Å². The topological polar surface area (TPSA) is 54.4 Å². The fraction of sp³-hybridized carbons (Fsp3) is 0.459. The van der Waals surface area contributed by atoms with E-state index in [4.69, 9.17) is 4.99 Å². The maximum absolute atomic E-state index is 13.6. The summed E-state index contributed by atoms with van der Waals surface area (Å²) in [6.07, 6.45) is 6.94. The summed E-state index contributed by atoms with van der Waals surface area (Å²) in [7, 11) is 4.27. The van der Waals surface area contributed by atoms with Gasteiger partial charge in [-0.1, -0.05) is 79.9 Å². The first kappa shape index (κ1) is 38.6. The van der Waals surface area contributed by atoms with Crippen molar-refractivity contribution in [3.8, 4) is 0 Å². The Bertz CT molecular complexity index is 1410. The number of likely N-dealkylation sites (N-methyl/N-ethyl adjacent to an activating group) is 1. The minimum Gasteiger partial charge on any atom is -0.352 e. The fourth-order valence-corrected chi connectivity index (χ4v) is 6.93. The Balaban J connectivity index is 0.00000200. The first-order valence-corrected chi connectivity index (χ1v) is 16.5. The van der Waals surface area contributed by atoms with E-state index in [0.717, 1.165) is 67.7 Å². The summed E-state index contributed by atoms with van der Waals surface area (Å²) < 4.78 is 0. The molecule has 7 nitrogen and oxygen atoms in total. The molecule has 0 bridgehead atoms. The third kappa shape index (κ3) is 9.86. The quantitative estimate of drug-likeness (QED) is 0.252. The number of hydrogen-bond donors (Lipinski definition) is 1. The van der Waals surface area contributed by atoms with Crippen molar-refractivity contribution in [2.24, 2.45) is 4.99 Å². The molecule has 3 aliphatic rings. The Morgan fingerprint density at radius 3 is 2.17 bits per heavy atom. The maximum Gasteiger partial charge on any atom is 0.222 e. The number of carbonyl (C=O) groups is 1. The molecule has 2 aliphatic heterocycles. The van der Waals surface area contributed by atoms with E-state index in [0.29, 0.717) is 18.9 Å². The number of aliphatic imine (C=N–C) groups is 1. The molecule has 3 aromatic carbocycles. The highest BCUT2D eigenvalue weighted by atomic mass is 35.5. The third-order valence-electron chi connectivity index (χ3n) is 9.52. The number of nitrogens with zero attached hydrogens (tertiary/aromatic N) is 5. The van der Waals surface area contributed by atoms with Crippen LogP contribution in [0.25, 0.3) is 0 Å². The van der Waals surface area contributed by atoms with Crippen LogP contribution in [-0.4, -0.2) is 79.9 Å². The molecule has 3 aromatic rings. The lowest BCUT2D eigenvalue weighted by molar-refractivity contribution is -0.121. The fourth-order valence-electron chi connectivity index (χ4n) is 6.93. The summed E-state index contributed by atoms with van der Waals surface area (Å²) in [5.74, 6) is 1.66. The first-order valence-electron chi connectivity index (χ1n) is 16.5. The summed E-state index contributed by atoms with van der Waals surface area (Å²) >= 11 is 0. The second-order valence-corrected chi connectivity index (χ2v) is 12.9. The molecule has 47 heavy (non-hydrogen) atoms. The molecule has 6 rings (SSSR count). The van der Waals surface area contributed by atoms with Gasteiger partial charge in [0.15, 0.2) is 0 Å². The molecule has 2 fully saturated rings. The Kier molecular flexibility index (Phi) is 15.3. The highest BCUT2D eigenvalue weighted by molar-refractivity contribution is 6.01. The monoisotopic (exact) mass is 700 g/mol. The van der Waals surface area contributed by atoms with Gasteiger partial charge in [-0.2, -0.15) is 0 Å². The number of nitrogens with one attached hydrogen (secondary N) is 1. The van der Waals surface area contributed by atoms with Gasteiger partial charge in [-0.25, -0.2) is 4.99 Å². The number of para-hydroxylation sites is 1. The third-order valence-corrected chi connectivity index (χ3v) is 9.52. The number of guanidine groups is 1. The number of anilines is 1. The van der Waals surface area contributed by atoms with Crippen LogP contribution in [0.15, 0.2) is 83.9 Å². The zero-order valence-electron chi connectivity index (χ0n) is 27.7. The van der Waals surface area contributed by atoms with Crippen molar-refractivity contribution in [3.63, 3.8) is 0 Å². The molecule has 0 aromatic heterocycles. The Hall–Kier alpha value is -2.81. The lowest BCUT2D eigenvalue weighted by Crippen LogP contribution is -2.56. The van der Waals surface area contributed by atoms with Gasteiger partial charge in [-0.05, 0) is 62.2 Å². The van der Waals surface area contributed by atoms with Crippen molar-refractivity contribution in [1.82, 2.24) is 20.0 Å². The van der Waals surface area contributed by atoms with E-state index in [-0.39, 0.29) is 49.2 Å². The Morgan fingerprint density at radius 1 is 0.830 bits per heavy atom. The zero-order chi connectivity index (χ0) is 30.3. The average molecular weight is 702 g/mol. The number of rotatable bonds is 9. The van der Waals surface area contributed by atoms with Crippen LogP contribution in [0.5, 0.6) is 0 Å². The highest BCUT2D eigenvalue weighted by Crippen LogP contribution is 2.41. The molecule has 1 N–H and O–H groups in total. The number of halogens is 3. The maximum atomic E-state index is 13.6. The second-order valence-electron chi connectivity index (χ2n) is 12.9. The number of benzene rings is 3. The molecule has 1 unspecified atom stereocenters. The Morgan fingerprint density at radius 2 is 1.49 bits per heavy atom. The molecule has 1 aliphatic carbocycles. The van der Waals surface area contributed by atoms with Crippen molar-refractivity contribution in [1.29, 1.82) is 0 Å². The van der Waals surface area contributed by atoms with Crippen molar-refractivity contribution >= 4 is 60.5 Å². The number of hydrogen-bond acceptors (Lipinski definition) is 6. The normalized spacial score (nSPS) is 18.3. The summed E-state index contributed by atoms with van der Waals surface area (Å²) in [6.45, 7) is 6.51. The van der Waals surface area contributed by atoms with E-state index in [1.54, 1.807) is 0 Å². The van der Waals surface area contributed by atoms with E-state index < -0.39 is 0 Å². The largest absolute Gasteiger partial charge is 0.352 e. The molecule has 1 saturated carbocycles. The van der Waals surface area contributed by atoms with E-state index in [9.17, 15) is 4.79 Å². The van der Waals surface area contributed by atoms with Crippen LogP contribution in [0.3, 0.4) is 0 Å². The van der Waals surface area contributed by atoms with Crippen LogP contribution in [0.4, 0.5) is 11.4 Å². The lowest BCUT2D eigenvalue weighted by Gasteiger charge is -2.45. The minimum atomic E-state index is -0.151. The van der Waals surface area contributed by atoms with Crippen LogP contribution in [0, 0.1) is 0 Å². The Labute approximate surface area is 300 Å². The van der Waals surface area contributed by atoms with E-state index in [1.165, 1.54) is 37.7 Å². The predicted molar refractivity (Wildman–Crippen MR) is 202 cm³/mol. The summed E-state index contributed by atoms with van der Waals surface area (Å²) in [5, 5.41) is 3.19. The predicted octanol–water partition coefficient (Wildman–Crippen LogP) is 7.43. The molecular formula is C37H51Cl3N6O. The van der Waals surface area contributed by atoms with Gasteiger partial charge in [0.25, 0.3) is 0 Å². The van der Waals surface area contributed by atoms with Crippen LogP contribution >= 0.6 is 37.2 Å². The highest BCUT2D eigenvalue weighted by Gasteiger charge is 2.36. The molecule has 2 heterocycles. The molecule has 1 saturated heterocycles. The van der Waals surface area contributed by atoms with Crippen molar-refractivity contribution < 1.29 is 4.79 Å². The average Bonchev–Trinajstić information content (AvgIpc) is 3.07. The van der Waals surface area contributed by atoms with Crippen molar-refractivity contribution in [2.75, 3.05) is 58.3 Å². The summed E-state index contributed by atoms with van der Waals surface area (Å²) in [6, 6.07) is 27.6. The summed E-state index contributed by atoms with van der Waals surface area (Å²) in [5.41, 5.74) is 5.72. The smallest absolute Gasteiger partial charge is 0.222 e. The molecule has 256 valence electrons. The molecule has 1 amide bonds. The molecule has 0 spiro atoms. The van der Waals surface area contributed by atoms with Crippen molar-refractivity contribution in [2.45, 2.75) is 57.0 Å². The van der Waals surface area contributed by atoms with Crippen LogP contribution in [-0.2, 0) is 11.3 Å². The van der Waals surface area contributed by atoms with Gasteiger partial charge in [0, 0.05) is 57.1 Å². The van der Waals surface area contributed by atoms with Gasteiger partial charge in [0.2, 0.25) is 11.9 Å². The van der Waals surface area contributed by atoms with Gasteiger partial charge in [0.1, 0.15) is 0 Å². The van der Waals surface area contributed by atoms with E-state index >= 15 is 0 Å². The van der Waals surface area contributed by atoms with Gasteiger partial charge < -0.3 is 20.0 Å². The second kappa shape index (κ2) is 18.7. The summed E-state index contributed by atoms with van der Waals surface area (Å²) in [4.78, 5) is 28.5. The van der Waals surface area contributed by atoms with E-state index in [2.05, 4.69) is 99.7 Å². The van der Waals surface area contributed by atoms with Crippen LogP contribution in [0.2, 0.25) is 0 Å². The standard InChI is InChI=1S/C37H48N6O.3ClH/c1-40(2)21-22-41-23-25-42(26-24-41)37-39-34-16-10-9-15-33(34)35(27-36(44)38-28-29-11-5-3-6-12-29)43(37)32-19-17-31(18-20-32)30-13-7-4-8-14-30;;;/h3,5-6,9-12,15-20,30,35H,4,7-8,13-14,21-28H2,1-2H3,(H,38,44);3*1H. The van der Waals surface area contributed by atoms with Crippen molar-refractivity contribution in [3.05, 3.63) is 95.6 Å². The van der Waals surface area contributed by atoms with Crippen LogP contribution in [0.1, 0.15) is 67.2 Å². The first-order chi connectivity index (χ1) is 21.5. The van der Waals surface area contributed by atoms with Gasteiger partial charge >= 0.3 is 0 Å². The number of amides is 1.